The first-order valence-corrected chi connectivity index (χ1v) is 11.2. The molecule has 0 atom stereocenters. The Hall–Kier alpha value is -3.78. The molecule has 3 aromatic rings. The van der Waals surface area contributed by atoms with Crippen LogP contribution in [-0.4, -0.2) is 39.2 Å². The van der Waals surface area contributed by atoms with Gasteiger partial charge in [-0.15, -0.1) is 10.2 Å². The minimum Gasteiger partial charge on any atom is -0.428 e. The first-order valence-electron chi connectivity index (χ1n) is 11.2. The topological polar surface area (TPSA) is 96.2 Å². The summed E-state index contributed by atoms with van der Waals surface area (Å²) in [6, 6.07) is 9.77. The predicted octanol–water partition coefficient (Wildman–Crippen LogP) is 3.47. The van der Waals surface area contributed by atoms with Crippen LogP contribution >= 0.6 is 0 Å². The molecule has 0 bridgehead atoms. The molecule has 0 spiro atoms. The van der Waals surface area contributed by atoms with Gasteiger partial charge in [-0.25, -0.2) is 5.43 Å². The van der Waals surface area contributed by atoms with Gasteiger partial charge in [-0.2, -0.15) is 0 Å². The Labute approximate surface area is 192 Å². The van der Waals surface area contributed by atoms with Gasteiger partial charge in [0, 0.05) is 55.4 Å². The van der Waals surface area contributed by atoms with Crippen molar-refractivity contribution in [3.8, 4) is 0 Å². The maximum absolute atomic E-state index is 12.5. The highest BCUT2D eigenvalue weighted by Gasteiger charge is 2.25. The Morgan fingerprint density at radius 1 is 1.21 bits per heavy atom. The Morgan fingerprint density at radius 2 is 2.09 bits per heavy atom. The minimum absolute atomic E-state index is 0.183. The van der Waals surface area contributed by atoms with Crippen molar-refractivity contribution in [2.45, 2.75) is 25.7 Å². The van der Waals surface area contributed by atoms with E-state index >= 15 is 0 Å². The number of nitrogens with zero attached hydrogens (tertiary/aromatic N) is 4. The highest BCUT2D eigenvalue weighted by Crippen LogP contribution is 2.31. The van der Waals surface area contributed by atoms with Crippen molar-refractivity contribution in [1.82, 2.24) is 25.6 Å². The first kappa shape index (κ1) is 21.1. The lowest BCUT2D eigenvalue weighted by Gasteiger charge is -2.14. The Bertz CT molecular complexity index is 1150. The molecule has 2 aromatic heterocycles. The second-order valence-electron chi connectivity index (χ2n) is 8.40. The van der Waals surface area contributed by atoms with Gasteiger partial charge < -0.3 is 14.7 Å². The van der Waals surface area contributed by atoms with Crippen LogP contribution in [0.15, 0.2) is 65.8 Å². The van der Waals surface area contributed by atoms with Crippen molar-refractivity contribution in [2.75, 3.05) is 18.4 Å². The highest BCUT2D eigenvalue weighted by atomic mass is 16.4. The zero-order valence-corrected chi connectivity index (χ0v) is 18.3. The van der Waals surface area contributed by atoms with Crippen LogP contribution in [0.4, 0.5) is 5.69 Å². The average Bonchev–Trinajstić information content (AvgIpc) is 3.29. The van der Waals surface area contributed by atoms with E-state index in [1.165, 1.54) is 24.8 Å². The number of benzene rings is 1. The molecule has 2 aliphatic rings. The second-order valence-corrected chi connectivity index (χ2v) is 8.40. The van der Waals surface area contributed by atoms with E-state index < -0.39 is 0 Å². The summed E-state index contributed by atoms with van der Waals surface area (Å²) in [5, 5.41) is 12.7. The molecule has 1 fully saturated rings. The van der Waals surface area contributed by atoms with Gasteiger partial charge in [-0.3, -0.25) is 9.78 Å². The molecule has 8 nitrogen and oxygen atoms in total. The number of rotatable bonds is 9. The fourth-order valence-corrected chi connectivity index (χ4v) is 3.82. The van der Waals surface area contributed by atoms with Crippen molar-refractivity contribution in [1.29, 1.82) is 0 Å². The SMILES string of the molecule is O=C(/C=C/c1cnccc1C1=CN(CC2CC2)NC1)Nc1ccc(CCc2nnco2)cc1. The average molecular weight is 443 g/mol. The summed E-state index contributed by atoms with van der Waals surface area (Å²) in [5.74, 6) is 1.25. The van der Waals surface area contributed by atoms with Gasteiger partial charge in [0.2, 0.25) is 18.2 Å². The quantitative estimate of drug-likeness (QED) is 0.490. The monoisotopic (exact) mass is 442 g/mol. The number of hydrazine groups is 1. The molecular weight excluding hydrogens is 416 g/mol. The van der Waals surface area contributed by atoms with Crippen LogP contribution in [0.2, 0.25) is 0 Å². The molecule has 0 unspecified atom stereocenters. The molecule has 5 rings (SSSR count). The minimum atomic E-state index is -0.183. The van der Waals surface area contributed by atoms with E-state index in [-0.39, 0.29) is 5.91 Å². The Kier molecular flexibility index (Phi) is 6.25. The lowest BCUT2D eigenvalue weighted by molar-refractivity contribution is -0.111. The lowest BCUT2D eigenvalue weighted by Crippen LogP contribution is -2.30. The third kappa shape index (κ3) is 5.72. The number of carbonyl (C=O) groups is 1. The predicted molar refractivity (Wildman–Crippen MR) is 125 cm³/mol. The van der Waals surface area contributed by atoms with Gasteiger partial charge in [-0.1, -0.05) is 12.1 Å². The molecule has 3 heterocycles. The van der Waals surface area contributed by atoms with Gasteiger partial charge in [-0.05, 0) is 66.2 Å². The zero-order valence-electron chi connectivity index (χ0n) is 18.3. The van der Waals surface area contributed by atoms with Gasteiger partial charge in [0.05, 0.1) is 0 Å². The molecule has 33 heavy (non-hydrogen) atoms. The molecule has 1 aliphatic carbocycles. The van der Waals surface area contributed by atoms with Crippen molar-refractivity contribution in [2.24, 2.45) is 5.92 Å². The number of anilines is 1. The fourth-order valence-electron chi connectivity index (χ4n) is 3.82. The number of aromatic nitrogens is 3. The number of amides is 1. The van der Waals surface area contributed by atoms with E-state index in [1.807, 2.05) is 36.4 Å². The van der Waals surface area contributed by atoms with Crippen LogP contribution in [0, 0.1) is 5.92 Å². The van der Waals surface area contributed by atoms with E-state index in [2.05, 4.69) is 37.1 Å². The maximum Gasteiger partial charge on any atom is 0.248 e. The summed E-state index contributed by atoms with van der Waals surface area (Å²) in [7, 11) is 0. The number of aryl methyl sites for hydroxylation is 2. The van der Waals surface area contributed by atoms with Crippen molar-refractivity contribution in [3.05, 3.63) is 84.0 Å². The molecule has 1 aliphatic heterocycles. The molecule has 2 N–H and O–H groups in total. The number of hydrogen-bond acceptors (Lipinski definition) is 7. The molecule has 168 valence electrons. The molecule has 1 amide bonds. The van der Waals surface area contributed by atoms with Crippen LogP contribution in [0.25, 0.3) is 11.6 Å². The Morgan fingerprint density at radius 3 is 2.88 bits per heavy atom. The normalized spacial score (nSPS) is 15.8. The third-order valence-corrected chi connectivity index (χ3v) is 5.80. The van der Waals surface area contributed by atoms with E-state index in [0.717, 1.165) is 47.8 Å². The van der Waals surface area contributed by atoms with Gasteiger partial charge >= 0.3 is 0 Å². The van der Waals surface area contributed by atoms with Gasteiger partial charge in [0.25, 0.3) is 0 Å². The fraction of sp³-hybridized carbons (Fsp3) is 0.280. The summed E-state index contributed by atoms with van der Waals surface area (Å²) in [6.07, 6.45) is 14.6. The standard InChI is InChI=1S/C25H26N6O2/c32-24(29-22-7-3-18(4-8-22)5-10-25-30-27-17-33-25)9-6-20-13-26-12-11-23(20)21-14-28-31(16-21)15-19-1-2-19/h3-4,6-9,11-13,16-17,19,28H,1-2,5,10,14-15H2,(H,29,32)/b9-6+. The summed E-state index contributed by atoms with van der Waals surface area (Å²) in [6.45, 7) is 1.83. The smallest absolute Gasteiger partial charge is 0.248 e. The lowest BCUT2D eigenvalue weighted by atomic mass is 10.0. The summed E-state index contributed by atoms with van der Waals surface area (Å²) in [5.41, 5.74) is 8.52. The van der Waals surface area contributed by atoms with E-state index in [9.17, 15) is 4.79 Å². The maximum atomic E-state index is 12.5. The van der Waals surface area contributed by atoms with E-state index in [4.69, 9.17) is 4.42 Å². The summed E-state index contributed by atoms with van der Waals surface area (Å²) < 4.78 is 5.16. The molecule has 1 saturated carbocycles. The van der Waals surface area contributed by atoms with Crippen molar-refractivity contribution in [3.63, 3.8) is 0 Å². The second kappa shape index (κ2) is 9.79. The largest absolute Gasteiger partial charge is 0.428 e. The first-order chi connectivity index (χ1) is 16.2. The highest BCUT2D eigenvalue weighted by molar-refractivity contribution is 6.02. The van der Waals surface area contributed by atoms with Crippen LogP contribution in [-0.2, 0) is 17.6 Å². The van der Waals surface area contributed by atoms with Crippen molar-refractivity contribution < 1.29 is 9.21 Å². The molecule has 8 heteroatoms. The summed E-state index contributed by atoms with van der Waals surface area (Å²) in [4.78, 5) is 16.7. The Balaban J connectivity index is 1.18. The number of carbonyl (C=O) groups excluding carboxylic acids is 1. The molecular formula is C25H26N6O2. The molecule has 0 radical (unpaired) electrons. The van der Waals surface area contributed by atoms with Gasteiger partial charge in [0.1, 0.15) is 0 Å². The number of nitrogens with one attached hydrogen (secondary N) is 2. The number of pyridine rings is 1. The zero-order chi connectivity index (χ0) is 22.5. The third-order valence-electron chi connectivity index (χ3n) is 5.80. The van der Waals surface area contributed by atoms with Crippen molar-refractivity contribution >= 4 is 23.2 Å². The van der Waals surface area contributed by atoms with E-state index in [0.29, 0.717) is 12.3 Å². The van der Waals surface area contributed by atoms with Crippen LogP contribution < -0.4 is 10.7 Å². The molecule has 1 aromatic carbocycles. The van der Waals surface area contributed by atoms with Crippen LogP contribution in [0.3, 0.4) is 0 Å². The van der Waals surface area contributed by atoms with Crippen LogP contribution in [0.5, 0.6) is 0 Å². The van der Waals surface area contributed by atoms with Gasteiger partial charge in [0.15, 0.2) is 0 Å². The molecule has 0 saturated heterocycles. The number of hydrogen-bond donors (Lipinski definition) is 2. The van der Waals surface area contributed by atoms with Crippen LogP contribution in [0.1, 0.15) is 35.4 Å². The van der Waals surface area contributed by atoms with E-state index in [1.54, 1.807) is 18.5 Å². The summed E-state index contributed by atoms with van der Waals surface area (Å²) >= 11 is 0.